The van der Waals surface area contributed by atoms with Crippen LogP contribution in [0.2, 0.25) is 0 Å². The van der Waals surface area contributed by atoms with E-state index in [1.807, 2.05) is 21.9 Å². The summed E-state index contributed by atoms with van der Waals surface area (Å²) in [6, 6.07) is 8.13. The quantitative estimate of drug-likeness (QED) is 0.805. The van der Waals surface area contributed by atoms with Crippen LogP contribution in [0.25, 0.3) is 0 Å². The van der Waals surface area contributed by atoms with Gasteiger partial charge >= 0.3 is 0 Å². The van der Waals surface area contributed by atoms with Crippen molar-refractivity contribution < 1.29 is 9.59 Å². The Morgan fingerprint density at radius 2 is 2.00 bits per heavy atom. The molecule has 1 heterocycles. The van der Waals surface area contributed by atoms with E-state index >= 15 is 0 Å². The smallest absolute Gasteiger partial charge is 0.225 e. The number of fused-ring (bicyclic) bond motifs is 1. The Kier molecular flexibility index (Phi) is 5.22. The molecule has 0 saturated heterocycles. The predicted octanol–water partition coefficient (Wildman–Crippen LogP) is 3.17. The van der Waals surface area contributed by atoms with Crippen molar-refractivity contribution in [2.75, 3.05) is 19.6 Å². The molecule has 4 nitrogen and oxygen atoms in total. The first-order chi connectivity index (χ1) is 11.6. The lowest BCUT2D eigenvalue weighted by molar-refractivity contribution is -0.136. The Morgan fingerprint density at radius 1 is 1.25 bits per heavy atom. The van der Waals surface area contributed by atoms with Gasteiger partial charge in [0.05, 0.1) is 12.5 Å². The molecular weight excluding hydrogens is 300 g/mol. The minimum Gasteiger partial charge on any atom is -0.342 e. The van der Waals surface area contributed by atoms with Gasteiger partial charge in [-0.2, -0.15) is 0 Å². The van der Waals surface area contributed by atoms with Crippen molar-refractivity contribution in [3.05, 3.63) is 35.4 Å². The van der Waals surface area contributed by atoms with Crippen LogP contribution in [0.4, 0.5) is 0 Å². The maximum absolute atomic E-state index is 12.9. The summed E-state index contributed by atoms with van der Waals surface area (Å²) in [6.07, 6.45) is 4.76. The van der Waals surface area contributed by atoms with E-state index in [4.69, 9.17) is 0 Å². The molecule has 130 valence electrons. The minimum absolute atomic E-state index is 0.0616. The Labute approximate surface area is 144 Å². The molecule has 24 heavy (non-hydrogen) atoms. The van der Waals surface area contributed by atoms with E-state index < -0.39 is 0 Å². The van der Waals surface area contributed by atoms with Crippen molar-refractivity contribution in [3.8, 4) is 0 Å². The molecular formula is C20H28N2O2. The summed E-state index contributed by atoms with van der Waals surface area (Å²) in [5, 5.41) is 0. The monoisotopic (exact) mass is 328 g/mol. The summed E-state index contributed by atoms with van der Waals surface area (Å²) >= 11 is 0. The molecule has 2 amide bonds. The molecule has 3 rings (SSSR count). The molecule has 0 N–H and O–H groups in total. The summed E-state index contributed by atoms with van der Waals surface area (Å²) in [5.41, 5.74) is 2.42. The Morgan fingerprint density at radius 3 is 2.67 bits per heavy atom. The third-order valence-electron chi connectivity index (χ3n) is 5.21. The number of carbonyl (C=O) groups excluding carboxylic acids is 2. The van der Waals surface area contributed by atoms with Crippen LogP contribution in [0.3, 0.4) is 0 Å². The van der Waals surface area contributed by atoms with E-state index in [9.17, 15) is 9.59 Å². The van der Waals surface area contributed by atoms with Gasteiger partial charge in [0.15, 0.2) is 0 Å². The Balaban J connectivity index is 1.78. The van der Waals surface area contributed by atoms with E-state index in [1.165, 1.54) is 18.4 Å². The Bertz CT molecular complexity index is 609. The van der Waals surface area contributed by atoms with Gasteiger partial charge in [0.2, 0.25) is 11.8 Å². The van der Waals surface area contributed by atoms with Crippen LogP contribution in [0.5, 0.6) is 0 Å². The van der Waals surface area contributed by atoms with Gasteiger partial charge in [0.1, 0.15) is 0 Å². The van der Waals surface area contributed by atoms with Gasteiger partial charge in [0.25, 0.3) is 0 Å². The first-order valence-electron chi connectivity index (χ1n) is 9.23. The van der Waals surface area contributed by atoms with E-state index in [0.717, 1.165) is 31.5 Å². The lowest BCUT2D eigenvalue weighted by Crippen LogP contribution is -2.42. The largest absolute Gasteiger partial charge is 0.342 e. The van der Waals surface area contributed by atoms with Gasteiger partial charge in [0, 0.05) is 26.6 Å². The molecule has 1 saturated carbocycles. The first kappa shape index (κ1) is 17.0. The fourth-order valence-corrected chi connectivity index (χ4v) is 3.74. The zero-order valence-corrected chi connectivity index (χ0v) is 14.8. The van der Waals surface area contributed by atoms with E-state index in [-0.39, 0.29) is 17.9 Å². The average Bonchev–Trinajstić information content (AvgIpc) is 3.38. The SMILES string of the molecule is CCCN(CC1CC1)C(=O)CC1c2ccccc2CCN1C(C)=O. The maximum atomic E-state index is 12.9. The van der Waals surface area contributed by atoms with Crippen molar-refractivity contribution in [3.63, 3.8) is 0 Å². The number of benzene rings is 1. The molecule has 1 aromatic carbocycles. The number of carbonyl (C=O) groups is 2. The number of nitrogens with zero attached hydrogens (tertiary/aromatic N) is 2. The Hall–Kier alpha value is -1.84. The predicted molar refractivity (Wildman–Crippen MR) is 94.5 cm³/mol. The highest BCUT2D eigenvalue weighted by Gasteiger charge is 2.33. The van der Waals surface area contributed by atoms with Gasteiger partial charge in [-0.15, -0.1) is 0 Å². The van der Waals surface area contributed by atoms with Crippen molar-refractivity contribution in [2.24, 2.45) is 5.92 Å². The van der Waals surface area contributed by atoms with Gasteiger partial charge in [-0.05, 0) is 42.7 Å². The van der Waals surface area contributed by atoms with Crippen molar-refractivity contribution in [1.82, 2.24) is 9.80 Å². The molecule has 1 atom stereocenters. The van der Waals surface area contributed by atoms with Crippen LogP contribution < -0.4 is 0 Å². The van der Waals surface area contributed by atoms with Crippen LogP contribution >= 0.6 is 0 Å². The van der Waals surface area contributed by atoms with Gasteiger partial charge in [-0.3, -0.25) is 9.59 Å². The van der Waals surface area contributed by atoms with Gasteiger partial charge < -0.3 is 9.80 Å². The second-order valence-corrected chi connectivity index (χ2v) is 7.16. The number of hydrogen-bond donors (Lipinski definition) is 0. The zero-order chi connectivity index (χ0) is 17.1. The van der Waals surface area contributed by atoms with E-state index in [1.54, 1.807) is 6.92 Å². The van der Waals surface area contributed by atoms with Gasteiger partial charge in [-0.1, -0.05) is 31.2 Å². The highest BCUT2D eigenvalue weighted by Crippen LogP contribution is 2.34. The fraction of sp³-hybridized carbons (Fsp3) is 0.600. The molecule has 0 spiro atoms. The summed E-state index contributed by atoms with van der Waals surface area (Å²) in [6.45, 7) is 6.15. The normalized spacial score (nSPS) is 19.8. The van der Waals surface area contributed by atoms with E-state index in [0.29, 0.717) is 18.9 Å². The van der Waals surface area contributed by atoms with E-state index in [2.05, 4.69) is 19.1 Å². The second kappa shape index (κ2) is 7.37. The third-order valence-corrected chi connectivity index (χ3v) is 5.21. The van der Waals surface area contributed by atoms with Crippen molar-refractivity contribution in [1.29, 1.82) is 0 Å². The standard InChI is InChI=1S/C20H28N2O2/c1-3-11-21(14-16-8-9-16)20(24)13-19-18-7-5-4-6-17(18)10-12-22(19)15(2)23/h4-7,16,19H,3,8-14H2,1-2H3. The molecule has 1 unspecified atom stereocenters. The van der Waals surface area contributed by atoms with Crippen LogP contribution in [0.15, 0.2) is 24.3 Å². The summed E-state index contributed by atoms with van der Waals surface area (Å²) < 4.78 is 0. The molecule has 1 aromatic rings. The molecule has 0 bridgehead atoms. The third kappa shape index (κ3) is 3.80. The average molecular weight is 328 g/mol. The number of rotatable bonds is 6. The number of amides is 2. The summed E-state index contributed by atoms with van der Waals surface area (Å²) in [4.78, 5) is 28.9. The van der Waals surface area contributed by atoms with Gasteiger partial charge in [-0.25, -0.2) is 0 Å². The molecule has 4 heteroatoms. The lowest BCUT2D eigenvalue weighted by Gasteiger charge is -2.37. The fourth-order valence-electron chi connectivity index (χ4n) is 3.74. The van der Waals surface area contributed by atoms with Crippen LogP contribution in [-0.4, -0.2) is 41.2 Å². The molecule has 2 aliphatic rings. The maximum Gasteiger partial charge on any atom is 0.225 e. The molecule has 1 aliphatic carbocycles. The first-order valence-corrected chi connectivity index (χ1v) is 9.23. The van der Waals surface area contributed by atoms with Crippen LogP contribution in [0, 0.1) is 5.92 Å². The van der Waals surface area contributed by atoms with Crippen LogP contribution in [0.1, 0.15) is 56.7 Å². The van der Waals surface area contributed by atoms with Crippen LogP contribution in [-0.2, 0) is 16.0 Å². The molecule has 0 radical (unpaired) electrons. The highest BCUT2D eigenvalue weighted by molar-refractivity contribution is 5.80. The molecule has 1 fully saturated rings. The summed E-state index contributed by atoms with van der Waals surface area (Å²) in [5.74, 6) is 0.950. The lowest BCUT2D eigenvalue weighted by atomic mass is 9.90. The second-order valence-electron chi connectivity index (χ2n) is 7.16. The molecule has 0 aromatic heterocycles. The zero-order valence-electron chi connectivity index (χ0n) is 14.8. The topological polar surface area (TPSA) is 40.6 Å². The highest BCUT2D eigenvalue weighted by atomic mass is 16.2. The minimum atomic E-state index is -0.112. The number of hydrogen-bond acceptors (Lipinski definition) is 2. The van der Waals surface area contributed by atoms with Crippen molar-refractivity contribution >= 4 is 11.8 Å². The molecule has 1 aliphatic heterocycles. The summed E-state index contributed by atoms with van der Waals surface area (Å²) in [7, 11) is 0. The van der Waals surface area contributed by atoms with Crippen molar-refractivity contribution in [2.45, 2.75) is 52.0 Å².